The van der Waals surface area contributed by atoms with E-state index < -0.39 is 0 Å². The second-order valence-corrected chi connectivity index (χ2v) is 7.73. The van der Waals surface area contributed by atoms with Crippen molar-refractivity contribution in [2.75, 3.05) is 0 Å². The van der Waals surface area contributed by atoms with Gasteiger partial charge in [-0.25, -0.2) is 0 Å². The first-order chi connectivity index (χ1) is 10.6. The van der Waals surface area contributed by atoms with Crippen molar-refractivity contribution in [3.63, 3.8) is 0 Å². The molecule has 1 aromatic carbocycles. The van der Waals surface area contributed by atoms with Crippen LogP contribution in [0.5, 0.6) is 0 Å². The molecule has 0 bridgehead atoms. The summed E-state index contributed by atoms with van der Waals surface area (Å²) in [7, 11) is 0. The van der Waals surface area contributed by atoms with E-state index in [4.69, 9.17) is 0 Å². The van der Waals surface area contributed by atoms with Gasteiger partial charge in [-0.05, 0) is 44.1 Å². The first-order valence-corrected chi connectivity index (χ1v) is 9.20. The van der Waals surface area contributed by atoms with Crippen LogP contribution in [0.2, 0.25) is 0 Å². The maximum atomic E-state index is 3.93. The Bertz CT molecular complexity index is 460. The second-order valence-electron chi connectivity index (χ2n) is 7.73. The monoisotopic (exact) mass is 300 g/mol. The summed E-state index contributed by atoms with van der Waals surface area (Å²) in [6, 6.07) is 13.0. The topological polar surface area (TPSA) is 24.1 Å². The first kappa shape index (κ1) is 16.0. The maximum Gasteiger partial charge on any atom is 0.0182 e. The zero-order valence-corrected chi connectivity index (χ0v) is 14.4. The summed E-state index contributed by atoms with van der Waals surface area (Å²) >= 11 is 0. The fourth-order valence-electron chi connectivity index (χ4n) is 4.30. The Morgan fingerprint density at radius 2 is 1.82 bits per heavy atom. The Hall–Kier alpha value is -0.860. The Balaban J connectivity index is 1.47. The van der Waals surface area contributed by atoms with Gasteiger partial charge in [0.2, 0.25) is 0 Å². The van der Waals surface area contributed by atoms with Crippen LogP contribution in [-0.2, 0) is 0 Å². The summed E-state index contributed by atoms with van der Waals surface area (Å²) in [5.41, 5.74) is 1.91. The molecule has 122 valence electrons. The lowest BCUT2D eigenvalue weighted by Gasteiger charge is -2.42. The minimum atomic E-state index is 0.398. The standard InChI is InChI=1S/C20H32N2/c1-4-20(22-15(2)3)12-10-17(11-13-20)21-19-14-18(19)16-8-6-5-7-9-16/h5-9,15,17-19,21-22H,4,10-14H2,1-3H3/t17?,18-,19+,20?/m1/s1. The molecule has 0 spiro atoms. The molecule has 2 fully saturated rings. The van der Waals surface area contributed by atoms with Gasteiger partial charge in [0.15, 0.2) is 0 Å². The molecule has 0 radical (unpaired) electrons. The third-order valence-corrected chi connectivity index (χ3v) is 5.68. The molecule has 2 atom stereocenters. The molecule has 0 aliphatic heterocycles. The van der Waals surface area contributed by atoms with Crippen LogP contribution in [0.4, 0.5) is 0 Å². The van der Waals surface area contributed by atoms with Crippen molar-refractivity contribution in [3.8, 4) is 0 Å². The van der Waals surface area contributed by atoms with Crippen molar-refractivity contribution >= 4 is 0 Å². The molecular weight excluding hydrogens is 268 g/mol. The quantitative estimate of drug-likeness (QED) is 0.822. The molecule has 2 saturated carbocycles. The maximum absolute atomic E-state index is 3.93. The predicted molar refractivity (Wildman–Crippen MR) is 94.3 cm³/mol. The molecule has 0 aromatic heterocycles. The molecular formula is C20H32N2. The van der Waals surface area contributed by atoms with Gasteiger partial charge in [-0.1, -0.05) is 51.1 Å². The van der Waals surface area contributed by atoms with Crippen molar-refractivity contribution in [2.24, 2.45) is 0 Å². The summed E-state index contributed by atoms with van der Waals surface area (Å²) in [4.78, 5) is 0. The normalized spacial score (nSPS) is 34.8. The number of hydrogen-bond donors (Lipinski definition) is 2. The molecule has 2 aliphatic rings. The molecule has 22 heavy (non-hydrogen) atoms. The average molecular weight is 300 g/mol. The van der Waals surface area contributed by atoms with Gasteiger partial charge in [-0.3, -0.25) is 0 Å². The number of rotatable bonds is 6. The average Bonchev–Trinajstić information content (AvgIpc) is 3.29. The smallest absolute Gasteiger partial charge is 0.0182 e. The van der Waals surface area contributed by atoms with Crippen molar-refractivity contribution in [1.82, 2.24) is 10.6 Å². The summed E-state index contributed by atoms with van der Waals surface area (Å²) < 4.78 is 0. The van der Waals surface area contributed by atoms with Crippen LogP contribution >= 0.6 is 0 Å². The van der Waals surface area contributed by atoms with Crippen LogP contribution in [0.3, 0.4) is 0 Å². The molecule has 2 aliphatic carbocycles. The van der Waals surface area contributed by atoms with Crippen molar-refractivity contribution in [2.45, 2.75) is 88.9 Å². The minimum absolute atomic E-state index is 0.398. The van der Waals surface area contributed by atoms with Gasteiger partial charge in [-0.2, -0.15) is 0 Å². The van der Waals surface area contributed by atoms with Gasteiger partial charge in [0.05, 0.1) is 0 Å². The van der Waals surface area contributed by atoms with E-state index in [2.05, 4.69) is 61.7 Å². The van der Waals surface area contributed by atoms with E-state index in [1.807, 2.05) is 0 Å². The van der Waals surface area contributed by atoms with Crippen molar-refractivity contribution in [1.29, 1.82) is 0 Å². The van der Waals surface area contributed by atoms with Gasteiger partial charge >= 0.3 is 0 Å². The molecule has 0 amide bonds. The van der Waals surface area contributed by atoms with E-state index in [1.54, 1.807) is 0 Å². The molecule has 0 heterocycles. The SMILES string of the molecule is CCC1(NC(C)C)CCC(N[C@H]2C[C@@H]2c2ccccc2)CC1. The summed E-state index contributed by atoms with van der Waals surface area (Å²) in [5, 5.41) is 7.77. The van der Waals surface area contributed by atoms with Gasteiger partial charge in [0.1, 0.15) is 0 Å². The summed E-state index contributed by atoms with van der Waals surface area (Å²) in [6.45, 7) is 6.89. The lowest BCUT2D eigenvalue weighted by molar-refractivity contribution is 0.181. The van der Waals surface area contributed by atoms with E-state index in [1.165, 1.54) is 44.1 Å². The number of nitrogens with one attached hydrogen (secondary N) is 2. The second kappa shape index (κ2) is 6.72. The minimum Gasteiger partial charge on any atom is -0.311 e. The van der Waals surface area contributed by atoms with Crippen LogP contribution < -0.4 is 10.6 Å². The molecule has 2 N–H and O–H groups in total. The fourth-order valence-corrected chi connectivity index (χ4v) is 4.30. The van der Waals surface area contributed by atoms with E-state index in [0.717, 1.165) is 18.0 Å². The molecule has 0 saturated heterocycles. The van der Waals surface area contributed by atoms with Crippen LogP contribution in [0, 0.1) is 0 Å². The highest BCUT2D eigenvalue weighted by molar-refractivity contribution is 5.27. The molecule has 2 nitrogen and oxygen atoms in total. The Morgan fingerprint density at radius 3 is 2.41 bits per heavy atom. The highest BCUT2D eigenvalue weighted by Gasteiger charge is 2.41. The highest BCUT2D eigenvalue weighted by Crippen LogP contribution is 2.42. The largest absolute Gasteiger partial charge is 0.311 e. The Labute approximate surface area is 136 Å². The molecule has 0 unspecified atom stereocenters. The van der Waals surface area contributed by atoms with Gasteiger partial charge in [-0.15, -0.1) is 0 Å². The summed E-state index contributed by atoms with van der Waals surface area (Å²) in [6.07, 6.45) is 7.87. The van der Waals surface area contributed by atoms with Gasteiger partial charge in [0.25, 0.3) is 0 Å². The van der Waals surface area contributed by atoms with Crippen molar-refractivity contribution < 1.29 is 0 Å². The van der Waals surface area contributed by atoms with Gasteiger partial charge in [0, 0.05) is 29.6 Å². The number of benzene rings is 1. The highest BCUT2D eigenvalue weighted by atomic mass is 15.0. The molecule has 1 aromatic rings. The van der Waals surface area contributed by atoms with Crippen LogP contribution in [-0.4, -0.2) is 23.7 Å². The van der Waals surface area contributed by atoms with Crippen LogP contribution in [0.25, 0.3) is 0 Å². The van der Waals surface area contributed by atoms with Crippen LogP contribution in [0.15, 0.2) is 30.3 Å². The fraction of sp³-hybridized carbons (Fsp3) is 0.700. The van der Waals surface area contributed by atoms with Gasteiger partial charge < -0.3 is 10.6 Å². The van der Waals surface area contributed by atoms with E-state index >= 15 is 0 Å². The number of hydrogen-bond acceptors (Lipinski definition) is 2. The zero-order valence-electron chi connectivity index (χ0n) is 14.4. The van der Waals surface area contributed by atoms with E-state index in [-0.39, 0.29) is 0 Å². The summed E-state index contributed by atoms with van der Waals surface area (Å²) in [5.74, 6) is 0.757. The Kier molecular flexibility index (Phi) is 4.89. The van der Waals surface area contributed by atoms with Crippen LogP contribution in [0.1, 0.15) is 70.8 Å². The molecule has 3 rings (SSSR count). The third-order valence-electron chi connectivity index (χ3n) is 5.68. The van der Waals surface area contributed by atoms with Crippen molar-refractivity contribution in [3.05, 3.63) is 35.9 Å². The Morgan fingerprint density at radius 1 is 1.14 bits per heavy atom. The zero-order chi connectivity index (χ0) is 15.6. The van der Waals surface area contributed by atoms with E-state index in [0.29, 0.717) is 11.6 Å². The lowest BCUT2D eigenvalue weighted by atomic mass is 9.77. The molecule has 2 heteroatoms. The predicted octanol–water partition coefficient (Wildman–Crippen LogP) is 4.22. The van der Waals surface area contributed by atoms with E-state index in [9.17, 15) is 0 Å². The lowest BCUT2D eigenvalue weighted by Crippen LogP contribution is -2.52. The first-order valence-electron chi connectivity index (χ1n) is 9.20. The third kappa shape index (κ3) is 3.72.